The third-order valence-electron chi connectivity index (χ3n) is 5.39. The highest BCUT2D eigenvalue weighted by Gasteiger charge is 2.34. The van der Waals surface area contributed by atoms with Gasteiger partial charge in [-0.05, 0) is 42.5 Å². The number of hydrogen-bond acceptors (Lipinski definition) is 5. The number of rotatable bonds is 9. The first-order valence-corrected chi connectivity index (χ1v) is 11.2. The van der Waals surface area contributed by atoms with Crippen LogP contribution in [0, 0.1) is 5.82 Å². The molecule has 2 amide bonds. The molecule has 4 aromatic rings. The summed E-state index contributed by atoms with van der Waals surface area (Å²) >= 11 is 6.07. The van der Waals surface area contributed by atoms with Gasteiger partial charge in [-0.15, -0.1) is 5.10 Å². The molecule has 0 fully saturated rings. The van der Waals surface area contributed by atoms with E-state index >= 15 is 0 Å². The summed E-state index contributed by atoms with van der Waals surface area (Å²) in [7, 11) is 1.51. The number of nitrogens with zero attached hydrogens (tertiary/aromatic N) is 4. The van der Waals surface area contributed by atoms with Gasteiger partial charge in [-0.25, -0.2) is 9.07 Å². The number of aromatic nitrogens is 3. The van der Waals surface area contributed by atoms with E-state index in [4.69, 9.17) is 16.3 Å². The second-order valence-electron chi connectivity index (χ2n) is 7.68. The Hall–Kier alpha value is -3.82. The maximum Gasteiger partial charge on any atom is 0.249 e. The molecule has 0 saturated carbocycles. The fourth-order valence-corrected chi connectivity index (χ4v) is 3.87. The molecule has 0 radical (unpaired) electrons. The topological polar surface area (TPSA) is 89.4 Å². The van der Waals surface area contributed by atoms with Gasteiger partial charge in [-0.2, -0.15) is 0 Å². The molecule has 10 heteroatoms. The molecule has 1 heterocycles. The predicted molar refractivity (Wildman–Crippen MR) is 130 cm³/mol. The van der Waals surface area contributed by atoms with Crippen LogP contribution in [0.2, 0.25) is 5.02 Å². The van der Waals surface area contributed by atoms with Crippen LogP contribution in [0.4, 0.5) is 10.1 Å². The van der Waals surface area contributed by atoms with E-state index in [9.17, 15) is 14.0 Å². The van der Waals surface area contributed by atoms with E-state index in [2.05, 4.69) is 15.6 Å². The minimum absolute atomic E-state index is 0.0502. The van der Waals surface area contributed by atoms with Crippen molar-refractivity contribution in [2.45, 2.75) is 12.6 Å². The molecular weight excluding hydrogens is 473 g/mol. The zero-order valence-corrected chi connectivity index (χ0v) is 19.7. The zero-order chi connectivity index (χ0) is 24.8. The van der Waals surface area contributed by atoms with Gasteiger partial charge in [0.05, 0.1) is 12.1 Å². The SMILES string of the molecule is COCCNC(=O)[C@@H](c1ccccc1F)N(C(=O)Cn1nnc2ccccc21)c1ccc(Cl)cc1. The number of benzene rings is 3. The van der Waals surface area contributed by atoms with Crippen LogP contribution in [-0.4, -0.2) is 47.1 Å². The summed E-state index contributed by atoms with van der Waals surface area (Å²) in [5.74, 6) is -1.66. The highest BCUT2D eigenvalue weighted by Crippen LogP contribution is 2.31. The zero-order valence-electron chi connectivity index (χ0n) is 18.9. The predicted octanol–water partition coefficient (Wildman–Crippen LogP) is 3.76. The van der Waals surface area contributed by atoms with Crippen molar-refractivity contribution in [2.75, 3.05) is 25.2 Å². The van der Waals surface area contributed by atoms with Crippen molar-refractivity contribution in [1.29, 1.82) is 0 Å². The Kier molecular flexibility index (Phi) is 7.69. The van der Waals surface area contributed by atoms with Crippen LogP contribution in [0.5, 0.6) is 0 Å². The minimum Gasteiger partial charge on any atom is -0.383 e. The molecule has 0 saturated heterocycles. The number of para-hydroxylation sites is 1. The summed E-state index contributed by atoms with van der Waals surface area (Å²) in [6.45, 7) is 0.228. The molecule has 0 bridgehead atoms. The molecule has 0 aliphatic heterocycles. The van der Waals surface area contributed by atoms with Gasteiger partial charge in [-0.3, -0.25) is 14.5 Å². The summed E-state index contributed by atoms with van der Waals surface area (Å²) in [6.07, 6.45) is 0. The first-order chi connectivity index (χ1) is 17.0. The number of carbonyl (C=O) groups excluding carboxylic acids is 2. The Labute approximate surface area is 206 Å². The Morgan fingerprint density at radius 1 is 1.09 bits per heavy atom. The molecular formula is C25H23ClFN5O3. The number of fused-ring (bicyclic) bond motifs is 1. The number of halogens is 2. The van der Waals surface area contributed by atoms with Crippen molar-refractivity contribution in [3.8, 4) is 0 Å². The van der Waals surface area contributed by atoms with Crippen LogP contribution in [0.25, 0.3) is 11.0 Å². The maximum atomic E-state index is 15.0. The second kappa shape index (κ2) is 11.1. The van der Waals surface area contributed by atoms with Crippen LogP contribution >= 0.6 is 11.6 Å². The van der Waals surface area contributed by atoms with Crippen molar-refractivity contribution in [3.63, 3.8) is 0 Å². The average Bonchev–Trinajstić information content (AvgIpc) is 3.26. The lowest BCUT2D eigenvalue weighted by atomic mass is 10.0. The quantitative estimate of drug-likeness (QED) is 0.357. The fraction of sp³-hybridized carbons (Fsp3) is 0.200. The number of nitrogens with one attached hydrogen (secondary N) is 1. The van der Waals surface area contributed by atoms with E-state index < -0.39 is 23.7 Å². The Morgan fingerprint density at radius 3 is 2.54 bits per heavy atom. The molecule has 0 spiro atoms. The molecule has 0 unspecified atom stereocenters. The van der Waals surface area contributed by atoms with E-state index in [1.54, 1.807) is 42.5 Å². The van der Waals surface area contributed by atoms with E-state index in [1.807, 2.05) is 12.1 Å². The first-order valence-electron chi connectivity index (χ1n) is 10.9. The van der Waals surface area contributed by atoms with Crippen molar-refractivity contribution >= 4 is 40.1 Å². The monoisotopic (exact) mass is 495 g/mol. The smallest absolute Gasteiger partial charge is 0.249 e. The Morgan fingerprint density at radius 2 is 1.80 bits per heavy atom. The molecule has 35 heavy (non-hydrogen) atoms. The highest BCUT2D eigenvalue weighted by molar-refractivity contribution is 6.30. The number of hydrogen-bond donors (Lipinski definition) is 1. The summed E-state index contributed by atoms with van der Waals surface area (Å²) < 4.78 is 21.4. The van der Waals surface area contributed by atoms with Gasteiger partial charge >= 0.3 is 0 Å². The molecule has 1 atom stereocenters. The number of ether oxygens (including phenoxy) is 1. The van der Waals surface area contributed by atoms with Crippen LogP contribution in [0.3, 0.4) is 0 Å². The summed E-state index contributed by atoms with van der Waals surface area (Å²) in [5.41, 5.74) is 1.71. The van der Waals surface area contributed by atoms with Gasteiger partial charge in [-0.1, -0.05) is 47.1 Å². The third-order valence-corrected chi connectivity index (χ3v) is 5.64. The lowest BCUT2D eigenvalue weighted by molar-refractivity contribution is -0.127. The van der Waals surface area contributed by atoms with Gasteiger partial charge in [0.15, 0.2) is 0 Å². The lowest BCUT2D eigenvalue weighted by Crippen LogP contribution is -2.46. The van der Waals surface area contributed by atoms with Crippen molar-refractivity contribution in [2.24, 2.45) is 0 Å². The van der Waals surface area contributed by atoms with Crippen molar-refractivity contribution < 1.29 is 18.7 Å². The highest BCUT2D eigenvalue weighted by atomic mass is 35.5. The largest absolute Gasteiger partial charge is 0.383 e. The minimum atomic E-state index is -1.29. The van der Waals surface area contributed by atoms with Crippen LogP contribution in [-0.2, 0) is 20.9 Å². The fourth-order valence-electron chi connectivity index (χ4n) is 3.74. The number of carbonyl (C=O) groups is 2. The maximum absolute atomic E-state index is 15.0. The number of methoxy groups -OCH3 is 1. The molecule has 8 nitrogen and oxygen atoms in total. The molecule has 4 rings (SSSR count). The van der Waals surface area contributed by atoms with Crippen molar-refractivity contribution in [1.82, 2.24) is 20.3 Å². The van der Waals surface area contributed by atoms with E-state index in [0.29, 0.717) is 21.7 Å². The second-order valence-corrected chi connectivity index (χ2v) is 8.12. The lowest BCUT2D eigenvalue weighted by Gasteiger charge is -2.31. The van der Waals surface area contributed by atoms with E-state index in [-0.39, 0.29) is 25.3 Å². The molecule has 0 aliphatic rings. The van der Waals surface area contributed by atoms with Gasteiger partial charge in [0.2, 0.25) is 11.8 Å². The van der Waals surface area contributed by atoms with E-state index in [0.717, 1.165) is 0 Å². The number of anilines is 1. The molecule has 1 N–H and O–H groups in total. The van der Waals surface area contributed by atoms with Gasteiger partial charge in [0.25, 0.3) is 0 Å². The van der Waals surface area contributed by atoms with Gasteiger partial charge in [0.1, 0.15) is 23.9 Å². The van der Waals surface area contributed by atoms with E-state index in [1.165, 1.54) is 34.9 Å². The van der Waals surface area contributed by atoms with Crippen molar-refractivity contribution in [3.05, 3.63) is 89.2 Å². The first kappa shape index (κ1) is 24.3. The molecule has 1 aromatic heterocycles. The van der Waals surface area contributed by atoms with Crippen LogP contribution < -0.4 is 10.2 Å². The van der Waals surface area contributed by atoms with Gasteiger partial charge in [0, 0.05) is 29.9 Å². The molecule has 180 valence electrons. The van der Waals surface area contributed by atoms with Crippen LogP contribution in [0.1, 0.15) is 11.6 Å². The number of amides is 2. The van der Waals surface area contributed by atoms with Gasteiger partial charge < -0.3 is 10.1 Å². The standard InChI is InChI=1S/C25H23ClFN5O3/c1-35-15-14-28-25(34)24(19-6-2-3-7-20(19)27)32(18-12-10-17(26)11-13-18)23(33)16-31-22-9-5-4-8-21(22)29-30-31/h2-13,24H,14-16H2,1H3,(H,28,34)/t24-/m1/s1. The normalized spacial score (nSPS) is 11.9. The Balaban J connectivity index is 1.78. The summed E-state index contributed by atoms with van der Waals surface area (Å²) in [5, 5.41) is 11.4. The Bertz CT molecular complexity index is 1330. The summed E-state index contributed by atoms with van der Waals surface area (Å²) in [4.78, 5) is 28.4. The van der Waals surface area contributed by atoms with Crippen LogP contribution in [0.15, 0.2) is 72.8 Å². The summed E-state index contributed by atoms with van der Waals surface area (Å²) in [6, 6.07) is 18.2. The molecule has 3 aromatic carbocycles. The molecule has 0 aliphatic carbocycles. The average molecular weight is 496 g/mol. The third kappa shape index (κ3) is 5.47.